The highest BCUT2D eigenvalue weighted by Crippen LogP contribution is 1.82. The summed E-state index contributed by atoms with van der Waals surface area (Å²) in [6, 6.07) is 0. The van der Waals surface area contributed by atoms with Gasteiger partial charge in [0.1, 0.15) is 18.9 Å². The lowest BCUT2D eigenvalue weighted by Crippen LogP contribution is -2.37. The fourth-order valence-corrected chi connectivity index (χ4v) is 1.03. The van der Waals surface area contributed by atoms with Crippen molar-refractivity contribution in [3.05, 3.63) is 18.7 Å². The number of nitriles is 2. The van der Waals surface area contributed by atoms with Gasteiger partial charge in [0.2, 0.25) is 6.33 Å². The van der Waals surface area contributed by atoms with Crippen LogP contribution in [0.2, 0.25) is 0 Å². The Hall–Kier alpha value is -2.21. The van der Waals surface area contributed by atoms with Crippen molar-refractivity contribution in [2.45, 2.75) is 13.2 Å². The Morgan fingerprint density at radius 1 is 1.29 bits per heavy atom. The molecule has 0 fully saturated rings. The van der Waals surface area contributed by atoms with Gasteiger partial charge < -0.3 is 5.32 Å². The normalized spacial score (nSPS) is 8.71. The highest BCUT2D eigenvalue weighted by Gasteiger charge is 2.01. The topological polar surface area (TPSA) is 80.5 Å². The van der Waals surface area contributed by atoms with Gasteiger partial charge in [-0.25, -0.2) is 9.13 Å². The molecule has 0 radical (unpaired) electrons. The van der Waals surface area contributed by atoms with E-state index in [4.69, 9.17) is 10.5 Å². The van der Waals surface area contributed by atoms with Gasteiger partial charge in [-0.05, 0) is 0 Å². The zero-order chi connectivity index (χ0) is 10.2. The van der Waals surface area contributed by atoms with Gasteiger partial charge in [0.25, 0.3) is 0 Å². The molecule has 14 heavy (non-hydrogen) atoms. The van der Waals surface area contributed by atoms with E-state index in [1.54, 1.807) is 0 Å². The third-order valence-electron chi connectivity index (χ3n) is 1.66. The van der Waals surface area contributed by atoms with Crippen LogP contribution < -0.4 is 15.2 Å². The Morgan fingerprint density at radius 3 is 2.79 bits per heavy atom. The van der Waals surface area contributed by atoms with E-state index in [2.05, 4.69) is 10.6 Å². The lowest BCUT2D eigenvalue weighted by molar-refractivity contribution is -0.699. The van der Waals surface area contributed by atoms with Crippen LogP contribution in [0.25, 0.3) is 0 Å². The van der Waals surface area contributed by atoms with E-state index >= 15 is 0 Å². The molecule has 0 spiro atoms. The van der Waals surface area contributed by atoms with Crippen molar-refractivity contribution < 1.29 is 4.57 Å². The van der Waals surface area contributed by atoms with E-state index in [-0.39, 0.29) is 0 Å². The molecule has 6 nitrogen and oxygen atoms in total. The summed E-state index contributed by atoms with van der Waals surface area (Å²) >= 11 is 0. The maximum Gasteiger partial charge on any atom is 0.245 e. The minimum atomic E-state index is 0.467. The number of rotatable bonds is 5. The van der Waals surface area contributed by atoms with Gasteiger partial charge in [0.05, 0.1) is 6.54 Å². The van der Waals surface area contributed by atoms with Crippen molar-refractivity contribution in [1.29, 1.82) is 10.5 Å². The molecular formula is C8H11N6+. The first kappa shape index (κ1) is 9.87. The first-order valence-corrected chi connectivity index (χ1v) is 4.15. The highest BCUT2D eigenvalue weighted by molar-refractivity contribution is 4.70. The lowest BCUT2D eigenvalue weighted by atomic mass is 10.6. The number of imidazole rings is 1. The Bertz CT molecular complexity index is 355. The molecule has 0 amide bonds. The van der Waals surface area contributed by atoms with Crippen LogP contribution in [-0.2, 0) is 13.2 Å². The van der Waals surface area contributed by atoms with Crippen molar-refractivity contribution >= 4 is 0 Å². The third-order valence-corrected chi connectivity index (χ3v) is 1.66. The van der Waals surface area contributed by atoms with Crippen LogP contribution in [0.5, 0.6) is 0 Å². The summed E-state index contributed by atoms with van der Waals surface area (Å²) in [4.78, 5) is 0. The summed E-state index contributed by atoms with van der Waals surface area (Å²) in [6.45, 7) is 1.80. The quantitative estimate of drug-likeness (QED) is 0.267. The Morgan fingerprint density at radius 2 is 2.07 bits per heavy atom. The van der Waals surface area contributed by atoms with E-state index in [1.807, 2.05) is 40.2 Å². The van der Waals surface area contributed by atoms with Crippen LogP contribution in [-0.4, -0.2) is 11.1 Å². The third kappa shape index (κ3) is 3.03. The minimum absolute atomic E-state index is 0.467. The summed E-state index contributed by atoms with van der Waals surface area (Å²) in [6.07, 6.45) is 9.31. The van der Waals surface area contributed by atoms with Crippen LogP contribution in [0.4, 0.5) is 0 Å². The Balaban J connectivity index is 2.36. The molecule has 0 saturated heterocycles. The molecule has 0 unspecified atom stereocenters. The van der Waals surface area contributed by atoms with Crippen LogP contribution in [0.1, 0.15) is 0 Å². The summed E-state index contributed by atoms with van der Waals surface area (Å²) < 4.78 is 3.78. The average molecular weight is 191 g/mol. The largest absolute Gasteiger partial charge is 0.320 e. The molecule has 1 aromatic heterocycles. The predicted molar refractivity (Wildman–Crippen MR) is 47.0 cm³/mol. The molecule has 1 heterocycles. The molecule has 72 valence electrons. The molecular weight excluding hydrogens is 180 g/mol. The molecule has 0 bridgehead atoms. The molecule has 0 aliphatic heterocycles. The van der Waals surface area contributed by atoms with E-state index in [0.29, 0.717) is 13.2 Å². The van der Waals surface area contributed by atoms with E-state index < -0.39 is 0 Å². The number of nitrogens with zero attached hydrogens (tertiary/aromatic N) is 4. The maximum absolute atomic E-state index is 8.28. The highest BCUT2D eigenvalue weighted by atomic mass is 15.2. The zero-order valence-corrected chi connectivity index (χ0v) is 7.64. The monoisotopic (exact) mass is 191 g/mol. The second-order valence-electron chi connectivity index (χ2n) is 2.65. The van der Waals surface area contributed by atoms with E-state index in [0.717, 1.165) is 6.54 Å². The van der Waals surface area contributed by atoms with Crippen molar-refractivity contribution in [3.63, 3.8) is 0 Å². The predicted octanol–water partition coefficient (Wildman–Crippen LogP) is -1.13. The fraction of sp³-hybridized carbons (Fsp3) is 0.375. The number of hydrogen-bond donors (Lipinski definition) is 2. The fourth-order valence-electron chi connectivity index (χ4n) is 1.03. The second-order valence-corrected chi connectivity index (χ2v) is 2.65. The average Bonchev–Trinajstić information content (AvgIpc) is 2.63. The molecule has 1 aromatic rings. The maximum atomic E-state index is 8.28. The van der Waals surface area contributed by atoms with E-state index in [1.165, 1.54) is 0 Å². The van der Waals surface area contributed by atoms with Crippen molar-refractivity contribution in [2.24, 2.45) is 0 Å². The van der Waals surface area contributed by atoms with Gasteiger partial charge in [0, 0.05) is 0 Å². The van der Waals surface area contributed by atoms with E-state index in [9.17, 15) is 0 Å². The molecule has 0 atom stereocenters. The minimum Gasteiger partial charge on any atom is -0.320 e. The Kier molecular flexibility index (Phi) is 3.84. The first-order chi connectivity index (χ1) is 6.86. The van der Waals surface area contributed by atoms with Gasteiger partial charge in [0.15, 0.2) is 19.1 Å². The second kappa shape index (κ2) is 5.44. The molecule has 0 aliphatic rings. The SMILES string of the molecule is N#CNCCn1cc[n+](CNC#N)c1. The lowest BCUT2D eigenvalue weighted by Gasteiger charge is -1.93. The van der Waals surface area contributed by atoms with Crippen molar-refractivity contribution in [2.75, 3.05) is 6.54 Å². The van der Waals surface area contributed by atoms with Gasteiger partial charge >= 0.3 is 0 Å². The van der Waals surface area contributed by atoms with Gasteiger partial charge in [-0.2, -0.15) is 10.5 Å². The molecule has 2 N–H and O–H groups in total. The molecule has 0 aliphatic carbocycles. The molecule has 0 aromatic carbocycles. The first-order valence-electron chi connectivity index (χ1n) is 4.15. The number of aromatic nitrogens is 2. The summed E-state index contributed by atoms with van der Waals surface area (Å²) in [5.74, 6) is 0. The van der Waals surface area contributed by atoms with Crippen LogP contribution >= 0.6 is 0 Å². The summed E-state index contributed by atoms with van der Waals surface area (Å²) in [7, 11) is 0. The molecule has 1 rings (SSSR count). The summed E-state index contributed by atoms with van der Waals surface area (Å²) in [5.41, 5.74) is 0. The van der Waals surface area contributed by atoms with Crippen LogP contribution in [0.3, 0.4) is 0 Å². The summed E-state index contributed by atoms with van der Waals surface area (Å²) in [5, 5.41) is 21.6. The smallest absolute Gasteiger partial charge is 0.245 e. The Labute approximate surface area is 82.0 Å². The van der Waals surface area contributed by atoms with Gasteiger partial charge in [-0.3, -0.25) is 5.32 Å². The van der Waals surface area contributed by atoms with Gasteiger partial charge in [-0.1, -0.05) is 0 Å². The van der Waals surface area contributed by atoms with Crippen LogP contribution in [0.15, 0.2) is 18.7 Å². The van der Waals surface area contributed by atoms with Gasteiger partial charge in [-0.15, -0.1) is 0 Å². The number of hydrogen-bond acceptors (Lipinski definition) is 4. The van der Waals surface area contributed by atoms with Crippen molar-refractivity contribution in [1.82, 2.24) is 15.2 Å². The zero-order valence-electron chi connectivity index (χ0n) is 7.64. The molecule has 6 heteroatoms. The van der Waals surface area contributed by atoms with Crippen LogP contribution in [0, 0.1) is 22.9 Å². The standard InChI is InChI=1S/C8H11N6/c9-5-11-1-2-13-3-4-14(8-13)7-12-6-10/h3-4,8,11-12H,1-2,7H2/q+1. The van der Waals surface area contributed by atoms with Crippen molar-refractivity contribution in [3.8, 4) is 12.4 Å². The number of nitrogens with one attached hydrogen (secondary N) is 2. The molecule has 0 saturated carbocycles.